The van der Waals surface area contributed by atoms with Gasteiger partial charge in [0, 0.05) is 50.5 Å². The number of morpholine rings is 1. The number of carbonyl (C=O) groups excluding carboxylic acids is 2. The van der Waals surface area contributed by atoms with E-state index in [1.807, 2.05) is 4.90 Å². The number of anilines is 1. The van der Waals surface area contributed by atoms with Gasteiger partial charge >= 0.3 is 6.03 Å². The highest BCUT2D eigenvalue weighted by molar-refractivity contribution is 5.95. The van der Waals surface area contributed by atoms with Crippen molar-refractivity contribution in [3.8, 4) is 0 Å². The van der Waals surface area contributed by atoms with Gasteiger partial charge in [0.1, 0.15) is 0 Å². The average molecular weight is 346 g/mol. The van der Waals surface area contributed by atoms with Gasteiger partial charge in [0.05, 0.1) is 13.2 Å². The quantitative estimate of drug-likeness (QED) is 0.845. The number of rotatable bonds is 5. The third-order valence-corrected chi connectivity index (χ3v) is 4.60. The second-order valence-corrected chi connectivity index (χ2v) is 6.41. The summed E-state index contributed by atoms with van der Waals surface area (Å²) in [6.45, 7) is 6.43. The van der Waals surface area contributed by atoms with E-state index < -0.39 is 0 Å². The average Bonchev–Trinajstić information content (AvgIpc) is 3.17. The summed E-state index contributed by atoms with van der Waals surface area (Å²) in [5.41, 5.74) is 1.35. The summed E-state index contributed by atoms with van der Waals surface area (Å²) >= 11 is 0. The molecular formula is C18H26N4O3. The van der Waals surface area contributed by atoms with Gasteiger partial charge in [-0.2, -0.15) is 0 Å². The monoisotopic (exact) mass is 346 g/mol. The van der Waals surface area contributed by atoms with E-state index in [9.17, 15) is 9.59 Å². The van der Waals surface area contributed by atoms with Gasteiger partial charge in [-0.1, -0.05) is 0 Å². The Morgan fingerprint density at radius 2 is 1.68 bits per heavy atom. The zero-order valence-corrected chi connectivity index (χ0v) is 14.5. The topological polar surface area (TPSA) is 73.9 Å². The maximum Gasteiger partial charge on any atom is 0.319 e. The number of nitrogens with zero attached hydrogens (tertiary/aromatic N) is 2. The minimum absolute atomic E-state index is 0.0685. The number of hydrogen-bond donors (Lipinski definition) is 2. The largest absolute Gasteiger partial charge is 0.379 e. The molecule has 1 aromatic rings. The van der Waals surface area contributed by atoms with E-state index in [4.69, 9.17) is 4.74 Å². The summed E-state index contributed by atoms with van der Waals surface area (Å²) in [6, 6.07) is 6.84. The number of amides is 3. The number of urea groups is 1. The van der Waals surface area contributed by atoms with Gasteiger partial charge in [-0.15, -0.1) is 0 Å². The maximum atomic E-state index is 12.3. The molecule has 0 radical (unpaired) electrons. The van der Waals surface area contributed by atoms with Crippen molar-refractivity contribution in [2.45, 2.75) is 12.8 Å². The standard InChI is InChI=1S/C18H26N4O3/c23-17(22-8-1-2-9-22)15-3-5-16(6-4-15)20-18(24)19-7-10-21-11-13-25-14-12-21/h3-6H,1-2,7-14H2,(H2,19,20,24). The van der Waals surface area contributed by atoms with Gasteiger partial charge in [-0.25, -0.2) is 4.79 Å². The molecule has 25 heavy (non-hydrogen) atoms. The Kier molecular flexibility index (Phi) is 6.25. The third kappa shape index (κ3) is 5.17. The van der Waals surface area contributed by atoms with E-state index in [2.05, 4.69) is 15.5 Å². The molecule has 2 aliphatic heterocycles. The molecule has 0 atom stereocenters. The first-order valence-electron chi connectivity index (χ1n) is 8.97. The number of ether oxygens (including phenoxy) is 1. The predicted molar refractivity (Wildman–Crippen MR) is 95.9 cm³/mol. The molecule has 136 valence electrons. The molecule has 2 heterocycles. The number of benzene rings is 1. The van der Waals surface area contributed by atoms with E-state index in [1.54, 1.807) is 24.3 Å². The van der Waals surface area contributed by atoms with Gasteiger partial charge in [-0.3, -0.25) is 9.69 Å². The van der Waals surface area contributed by atoms with Crippen LogP contribution in [0.1, 0.15) is 23.2 Å². The lowest BCUT2D eigenvalue weighted by atomic mass is 10.2. The van der Waals surface area contributed by atoms with E-state index in [0.29, 0.717) is 17.8 Å². The van der Waals surface area contributed by atoms with E-state index in [1.165, 1.54) is 0 Å². The Hall–Kier alpha value is -2.12. The van der Waals surface area contributed by atoms with Crippen molar-refractivity contribution in [3.63, 3.8) is 0 Å². The number of nitrogens with one attached hydrogen (secondary N) is 2. The van der Waals surface area contributed by atoms with Crippen molar-refractivity contribution in [3.05, 3.63) is 29.8 Å². The molecule has 2 aliphatic rings. The maximum absolute atomic E-state index is 12.3. The molecule has 1 aromatic carbocycles. The van der Waals surface area contributed by atoms with Gasteiger partial charge < -0.3 is 20.3 Å². The number of carbonyl (C=O) groups is 2. The Bertz CT molecular complexity index is 578. The van der Waals surface area contributed by atoms with Gasteiger partial charge in [0.2, 0.25) is 0 Å². The molecule has 3 rings (SSSR count). The second kappa shape index (κ2) is 8.82. The smallest absolute Gasteiger partial charge is 0.319 e. The summed E-state index contributed by atoms with van der Waals surface area (Å²) in [5.74, 6) is 0.0685. The predicted octanol–water partition coefficient (Wildman–Crippen LogP) is 1.38. The molecule has 0 saturated carbocycles. The Morgan fingerprint density at radius 3 is 2.36 bits per heavy atom. The van der Waals surface area contributed by atoms with Crippen LogP contribution in [0.25, 0.3) is 0 Å². The van der Waals surface area contributed by atoms with E-state index in [-0.39, 0.29) is 11.9 Å². The van der Waals surface area contributed by atoms with Crippen molar-refractivity contribution in [1.29, 1.82) is 0 Å². The minimum atomic E-state index is -0.230. The van der Waals surface area contributed by atoms with Crippen LogP contribution < -0.4 is 10.6 Å². The van der Waals surface area contributed by atoms with Crippen LogP contribution in [-0.2, 0) is 4.74 Å². The van der Waals surface area contributed by atoms with Crippen molar-refractivity contribution in [2.75, 3.05) is 57.8 Å². The summed E-state index contributed by atoms with van der Waals surface area (Å²) in [7, 11) is 0. The Balaban J connectivity index is 1.41. The molecule has 3 amide bonds. The first-order chi connectivity index (χ1) is 12.2. The Morgan fingerprint density at radius 1 is 1.00 bits per heavy atom. The molecule has 0 aromatic heterocycles. The number of hydrogen-bond acceptors (Lipinski definition) is 4. The molecule has 2 fully saturated rings. The molecule has 0 unspecified atom stereocenters. The lowest BCUT2D eigenvalue weighted by molar-refractivity contribution is 0.0388. The molecule has 0 spiro atoms. The van der Waals surface area contributed by atoms with Crippen molar-refractivity contribution >= 4 is 17.6 Å². The molecule has 7 nitrogen and oxygen atoms in total. The van der Waals surface area contributed by atoms with Crippen LogP contribution in [-0.4, -0.2) is 74.2 Å². The van der Waals surface area contributed by atoms with Gasteiger partial charge in [-0.05, 0) is 37.1 Å². The van der Waals surface area contributed by atoms with Gasteiger partial charge in [0.25, 0.3) is 5.91 Å². The highest BCUT2D eigenvalue weighted by atomic mass is 16.5. The van der Waals surface area contributed by atoms with Crippen LogP contribution in [0.3, 0.4) is 0 Å². The fourth-order valence-electron chi connectivity index (χ4n) is 3.13. The second-order valence-electron chi connectivity index (χ2n) is 6.41. The van der Waals surface area contributed by atoms with Crippen LogP contribution in [0.2, 0.25) is 0 Å². The highest BCUT2D eigenvalue weighted by Gasteiger charge is 2.19. The third-order valence-electron chi connectivity index (χ3n) is 4.60. The molecule has 7 heteroatoms. The summed E-state index contributed by atoms with van der Waals surface area (Å²) < 4.78 is 5.30. The molecule has 2 N–H and O–H groups in total. The lowest BCUT2D eigenvalue weighted by Gasteiger charge is -2.26. The summed E-state index contributed by atoms with van der Waals surface area (Å²) in [5, 5.41) is 5.65. The first-order valence-corrected chi connectivity index (χ1v) is 8.97. The van der Waals surface area contributed by atoms with Crippen LogP contribution >= 0.6 is 0 Å². The van der Waals surface area contributed by atoms with Crippen molar-refractivity contribution < 1.29 is 14.3 Å². The summed E-state index contributed by atoms with van der Waals surface area (Å²) in [4.78, 5) is 28.4. The van der Waals surface area contributed by atoms with E-state index >= 15 is 0 Å². The normalized spacial score (nSPS) is 18.2. The fourth-order valence-corrected chi connectivity index (χ4v) is 3.13. The zero-order chi connectivity index (χ0) is 17.5. The van der Waals surface area contributed by atoms with Crippen molar-refractivity contribution in [1.82, 2.24) is 15.1 Å². The van der Waals surface area contributed by atoms with Crippen LogP contribution in [0, 0.1) is 0 Å². The molecular weight excluding hydrogens is 320 g/mol. The van der Waals surface area contributed by atoms with Crippen LogP contribution in [0.5, 0.6) is 0 Å². The molecule has 2 saturated heterocycles. The first kappa shape index (κ1) is 17.7. The minimum Gasteiger partial charge on any atom is -0.379 e. The SMILES string of the molecule is O=C(NCCN1CCOCC1)Nc1ccc(C(=O)N2CCCC2)cc1. The van der Waals surface area contributed by atoms with Crippen LogP contribution in [0.15, 0.2) is 24.3 Å². The lowest BCUT2D eigenvalue weighted by Crippen LogP contribution is -2.42. The Labute approximate surface area is 148 Å². The zero-order valence-electron chi connectivity index (χ0n) is 14.5. The van der Waals surface area contributed by atoms with Crippen molar-refractivity contribution in [2.24, 2.45) is 0 Å². The van der Waals surface area contributed by atoms with E-state index in [0.717, 1.165) is 58.8 Å². The molecule has 0 bridgehead atoms. The fraction of sp³-hybridized carbons (Fsp3) is 0.556. The summed E-state index contributed by atoms with van der Waals surface area (Å²) in [6.07, 6.45) is 2.16. The van der Waals surface area contributed by atoms with Gasteiger partial charge in [0.15, 0.2) is 0 Å². The number of likely N-dealkylation sites (tertiary alicyclic amines) is 1. The highest BCUT2D eigenvalue weighted by Crippen LogP contribution is 2.15. The molecule has 0 aliphatic carbocycles. The van der Waals surface area contributed by atoms with Crippen LogP contribution in [0.4, 0.5) is 10.5 Å².